The quantitative estimate of drug-likeness (QED) is 0.800. The number of hydrogen-bond acceptors (Lipinski definition) is 3. The summed E-state index contributed by atoms with van der Waals surface area (Å²) in [5.41, 5.74) is 0.482. The Kier molecular flexibility index (Phi) is 2.81. The number of phenols is 1. The first-order valence-corrected chi connectivity index (χ1v) is 5.28. The van der Waals surface area contributed by atoms with Crippen LogP contribution in [0.1, 0.15) is 24.8 Å². The number of rotatable bonds is 3. The molecule has 0 spiro atoms. The highest BCUT2D eigenvalue weighted by Gasteiger charge is 2.46. The Bertz CT molecular complexity index is 417. The van der Waals surface area contributed by atoms with Gasteiger partial charge in [0.15, 0.2) is 0 Å². The van der Waals surface area contributed by atoms with Crippen molar-refractivity contribution in [3.63, 3.8) is 0 Å². The van der Waals surface area contributed by atoms with Crippen LogP contribution in [0.15, 0.2) is 18.2 Å². The van der Waals surface area contributed by atoms with Crippen LogP contribution in [0.5, 0.6) is 5.75 Å². The van der Waals surface area contributed by atoms with Crippen molar-refractivity contribution in [2.24, 2.45) is 5.92 Å². The standard InChI is InChI=1S/C12H13FO3/c1-2-16-12(15)10-6-9(10)8-4-3-7(14)5-11(8)13/h3-5,9-10,14H,2,6H2,1H3/t9-,10+/m1/s1. The Hall–Kier alpha value is -1.58. The summed E-state index contributed by atoms with van der Waals surface area (Å²) < 4.78 is 18.3. The molecule has 0 aromatic heterocycles. The van der Waals surface area contributed by atoms with Crippen LogP contribution in [-0.4, -0.2) is 17.7 Å². The van der Waals surface area contributed by atoms with Gasteiger partial charge in [0.05, 0.1) is 12.5 Å². The van der Waals surface area contributed by atoms with Gasteiger partial charge in [0.25, 0.3) is 0 Å². The van der Waals surface area contributed by atoms with Gasteiger partial charge >= 0.3 is 5.97 Å². The molecule has 0 unspecified atom stereocenters. The van der Waals surface area contributed by atoms with Gasteiger partial charge in [-0.25, -0.2) is 4.39 Å². The number of ether oxygens (including phenoxy) is 1. The lowest BCUT2D eigenvalue weighted by molar-refractivity contribution is -0.144. The maximum absolute atomic E-state index is 13.5. The molecule has 1 aliphatic carbocycles. The van der Waals surface area contributed by atoms with E-state index >= 15 is 0 Å². The monoisotopic (exact) mass is 224 g/mol. The van der Waals surface area contributed by atoms with Crippen LogP contribution in [0.4, 0.5) is 4.39 Å². The summed E-state index contributed by atoms with van der Waals surface area (Å²) in [6.07, 6.45) is 0.626. The number of benzene rings is 1. The number of aromatic hydroxyl groups is 1. The van der Waals surface area contributed by atoms with Gasteiger partial charge in [-0.3, -0.25) is 4.79 Å². The molecule has 3 nitrogen and oxygen atoms in total. The molecule has 0 aliphatic heterocycles. The number of carbonyl (C=O) groups excluding carboxylic acids is 1. The second-order valence-electron chi connectivity index (χ2n) is 3.91. The predicted octanol–water partition coefficient (Wildman–Crippen LogP) is 2.20. The largest absolute Gasteiger partial charge is 0.508 e. The zero-order valence-electron chi connectivity index (χ0n) is 8.94. The van der Waals surface area contributed by atoms with Crippen LogP contribution in [-0.2, 0) is 9.53 Å². The molecule has 1 aromatic rings. The average Bonchev–Trinajstić information content (AvgIpc) is 2.98. The maximum atomic E-state index is 13.5. The molecule has 2 rings (SSSR count). The molecular weight excluding hydrogens is 211 g/mol. The maximum Gasteiger partial charge on any atom is 0.309 e. The van der Waals surface area contributed by atoms with Crippen molar-refractivity contribution in [1.29, 1.82) is 0 Å². The second kappa shape index (κ2) is 4.12. The number of carbonyl (C=O) groups is 1. The van der Waals surface area contributed by atoms with E-state index in [2.05, 4.69) is 0 Å². The Balaban J connectivity index is 2.08. The lowest BCUT2D eigenvalue weighted by atomic mass is 10.1. The van der Waals surface area contributed by atoms with Crippen molar-refractivity contribution in [2.45, 2.75) is 19.3 Å². The predicted molar refractivity (Wildman–Crippen MR) is 55.5 cm³/mol. The minimum absolute atomic E-state index is 0.0975. The summed E-state index contributed by atoms with van der Waals surface area (Å²) in [5.74, 6) is -1.15. The normalized spacial score (nSPS) is 22.9. The summed E-state index contributed by atoms with van der Waals surface area (Å²) in [4.78, 5) is 11.4. The van der Waals surface area contributed by atoms with E-state index in [0.29, 0.717) is 18.6 Å². The third-order valence-electron chi connectivity index (χ3n) is 2.76. The highest BCUT2D eigenvalue weighted by Crippen LogP contribution is 2.49. The third-order valence-corrected chi connectivity index (χ3v) is 2.76. The summed E-state index contributed by atoms with van der Waals surface area (Å²) >= 11 is 0. The third kappa shape index (κ3) is 2.01. The van der Waals surface area contributed by atoms with Crippen molar-refractivity contribution in [3.05, 3.63) is 29.6 Å². The van der Waals surface area contributed by atoms with Crippen molar-refractivity contribution >= 4 is 5.97 Å². The van der Waals surface area contributed by atoms with Gasteiger partial charge in [-0.05, 0) is 25.0 Å². The molecule has 1 saturated carbocycles. The van der Waals surface area contributed by atoms with E-state index < -0.39 is 5.82 Å². The SMILES string of the molecule is CCOC(=O)[C@H]1C[C@@H]1c1ccc(O)cc1F. The lowest BCUT2D eigenvalue weighted by Gasteiger charge is -2.03. The van der Waals surface area contributed by atoms with Crippen LogP contribution in [0.25, 0.3) is 0 Å². The van der Waals surface area contributed by atoms with Crippen LogP contribution < -0.4 is 0 Å². The molecule has 0 bridgehead atoms. The molecule has 1 aliphatic rings. The van der Waals surface area contributed by atoms with Crippen molar-refractivity contribution in [1.82, 2.24) is 0 Å². The van der Waals surface area contributed by atoms with Crippen LogP contribution in [0.2, 0.25) is 0 Å². The molecular formula is C12H13FO3. The fourth-order valence-corrected chi connectivity index (χ4v) is 1.87. The van der Waals surface area contributed by atoms with Gasteiger partial charge in [0, 0.05) is 12.0 Å². The molecule has 4 heteroatoms. The molecule has 1 fully saturated rings. The average molecular weight is 224 g/mol. The van der Waals surface area contributed by atoms with Crippen molar-refractivity contribution in [2.75, 3.05) is 6.61 Å². The van der Waals surface area contributed by atoms with Gasteiger partial charge < -0.3 is 9.84 Å². The van der Waals surface area contributed by atoms with Gasteiger partial charge in [-0.1, -0.05) is 6.07 Å². The first kappa shape index (κ1) is 10.9. The molecule has 1 N–H and O–H groups in total. The summed E-state index contributed by atoms with van der Waals surface area (Å²) in [7, 11) is 0. The van der Waals surface area contributed by atoms with Gasteiger partial charge in [0.1, 0.15) is 11.6 Å². The molecule has 16 heavy (non-hydrogen) atoms. The van der Waals surface area contributed by atoms with E-state index in [1.54, 1.807) is 6.92 Å². The molecule has 0 radical (unpaired) electrons. The minimum Gasteiger partial charge on any atom is -0.508 e. The van der Waals surface area contributed by atoms with E-state index in [0.717, 1.165) is 6.07 Å². The fourth-order valence-electron chi connectivity index (χ4n) is 1.87. The number of hydrogen-bond donors (Lipinski definition) is 1. The van der Waals surface area contributed by atoms with E-state index in [1.807, 2.05) is 0 Å². The smallest absolute Gasteiger partial charge is 0.309 e. The molecule has 2 atom stereocenters. The van der Waals surface area contributed by atoms with Crippen LogP contribution >= 0.6 is 0 Å². The van der Waals surface area contributed by atoms with Crippen molar-refractivity contribution in [3.8, 4) is 5.75 Å². The van der Waals surface area contributed by atoms with Crippen LogP contribution in [0.3, 0.4) is 0 Å². The summed E-state index contributed by atoms with van der Waals surface area (Å²) in [6, 6.07) is 4.02. The Labute approximate surface area is 92.9 Å². The van der Waals surface area contributed by atoms with Gasteiger partial charge in [0.2, 0.25) is 0 Å². The Morgan fingerprint density at radius 2 is 2.38 bits per heavy atom. The highest BCUT2D eigenvalue weighted by molar-refractivity contribution is 5.77. The number of esters is 1. The van der Waals surface area contributed by atoms with E-state index in [1.165, 1.54) is 12.1 Å². The fraction of sp³-hybridized carbons (Fsp3) is 0.417. The lowest BCUT2D eigenvalue weighted by Crippen LogP contribution is -2.07. The zero-order chi connectivity index (χ0) is 11.7. The second-order valence-corrected chi connectivity index (χ2v) is 3.91. The summed E-state index contributed by atoms with van der Waals surface area (Å²) in [6.45, 7) is 2.09. The van der Waals surface area contributed by atoms with Gasteiger partial charge in [-0.2, -0.15) is 0 Å². The van der Waals surface area contributed by atoms with E-state index in [9.17, 15) is 9.18 Å². The highest BCUT2D eigenvalue weighted by atomic mass is 19.1. The van der Waals surface area contributed by atoms with Crippen molar-refractivity contribution < 1.29 is 19.0 Å². The number of phenolic OH excluding ortho intramolecular Hbond substituents is 1. The molecule has 1 aromatic carbocycles. The molecule has 0 heterocycles. The van der Waals surface area contributed by atoms with Gasteiger partial charge in [-0.15, -0.1) is 0 Å². The first-order valence-electron chi connectivity index (χ1n) is 5.28. The number of halogens is 1. The minimum atomic E-state index is -0.461. The molecule has 0 amide bonds. The first-order chi connectivity index (χ1) is 7.63. The Morgan fingerprint density at radius 1 is 1.62 bits per heavy atom. The van der Waals surface area contributed by atoms with Crippen LogP contribution in [0, 0.1) is 11.7 Å². The Morgan fingerprint density at radius 3 is 3.00 bits per heavy atom. The zero-order valence-corrected chi connectivity index (χ0v) is 8.94. The molecule has 0 saturated heterocycles. The van der Waals surface area contributed by atoms with E-state index in [4.69, 9.17) is 9.84 Å². The topological polar surface area (TPSA) is 46.5 Å². The van der Waals surface area contributed by atoms with E-state index in [-0.39, 0.29) is 23.6 Å². The summed E-state index contributed by atoms with van der Waals surface area (Å²) in [5, 5.41) is 9.07. The molecule has 86 valence electrons.